The summed E-state index contributed by atoms with van der Waals surface area (Å²) in [7, 11) is 0. The van der Waals surface area contributed by atoms with E-state index in [-0.39, 0.29) is 0 Å². The van der Waals surface area contributed by atoms with Crippen LogP contribution in [-0.4, -0.2) is 44.7 Å². The summed E-state index contributed by atoms with van der Waals surface area (Å²) in [4.78, 5) is 9.86. The number of rotatable bonds is 9. The third-order valence-corrected chi connectivity index (χ3v) is 1.76. The second-order valence-corrected chi connectivity index (χ2v) is 3.16. The van der Waals surface area contributed by atoms with Crippen molar-refractivity contribution in [1.82, 2.24) is 0 Å². The first-order valence-electron chi connectivity index (χ1n) is 4.00. The normalized spacial score (nSPS) is 10.1. The molecule has 12 heavy (non-hydrogen) atoms. The fourth-order valence-corrected chi connectivity index (χ4v) is 0.880. The summed E-state index contributed by atoms with van der Waals surface area (Å²) in [5.41, 5.74) is 0. The number of hydrogen-bond acceptors (Lipinski definition) is 4. The summed E-state index contributed by atoms with van der Waals surface area (Å²) in [6.45, 7) is 2.50. The average Bonchev–Trinajstić information content (AvgIpc) is 2.10. The molecule has 0 aromatic carbocycles. The van der Waals surface area contributed by atoms with Crippen molar-refractivity contribution in [3.05, 3.63) is 0 Å². The Labute approximate surface area is 77.8 Å². The molecule has 0 aromatic rings. The van der Waals surface area contributed by atoms with Crippen LogP contribution in [0.3, 0.4) is 0 Å². The van der Waals surface area contributed by atoms with E-state index in [9.17, 15) is 4.79 Å². The highest BCUT2D eigenvalue weighted by molar-refractivity contribution is 7.98. The molecule has 0 rings (SSSR count). The van der Waals surface area contributed by atoms with Gasteiger partial charge in [0.2, 0.25) is 0 Å². The number of aldehydes is 1. The lowest BCUT2D eigenvalue weighted by Gasteiger charge is -2.02. The van der Waals surface area contributed by atoms with E-state index in [0.29, 0.717) is 26.2 Å². The Balaban J connectivity index is 2.77. The average molecular weight is 192 g/mol. The molecule has 0 aliphatic carbocycles. The largest absolute Gasteiger partial charge is 0.379 e. The van der Waals surface area contributed by atoms with Crippen molar-refractivity contribution in [1.29, 1.82) is 0 Å². The zero-order chi connectivity index (χ0) is 9.07. The maximum atomic E-state index is 9.86. The van der Waals surface area contributed by atoms with E-state index in [2.05, 4.69) is 0 Å². The molecule has 0 spiro atoms. The summed E-state index contributed by atoms with van der Waals surface area (Å²) in [6.07, 6.45) is 3.38. The van der Waals surface area contributed by atoms with Crippen LogP contribution in [0.4, 0.5) is 0 Å². The summed E-state index contributed by atoms with van der Waals surface area (Å²) < 4.78 is 10.3. The summed E-state index contributed by atoms with van der Waals surface area (Å²) in [6, 6.07) is 0. The van der Waals surface area contributed by atoms with Gasteiger partial charge in [-0.1, -0.05) is 0 Å². The molecule has 3 nitrogen and oxygen atoms in total. The van der Waals surface area contributed by atoms with Crippen molar-refractivity contribution in [2.24, 2.45) is 0 Å². The lowest BCUT2D eigenvalue weighted by molar-refractivity contribution is -0.108. The second-order valence-electron chi connectivity index (χ2n) is 2.17. The molecule has 72 valence electrons. The molecule has 0 radical (unpaired) electrons. The van der Waals surface area contributed by atoms with Crippen molar-refractivity contribution >= 4 is 18.0 Å². The van der Waals surface area contributed by atoms with Gasteiger partial charge in [-0.2, -0.15) is 11.8 Å². The molecule has 4 heteroatoms. The van der Waals surface area contributed by atoms with Crippen LogP contribution in [0.2, 0.25) is 0 Å². The lowest BCUT2D eigenvalue weighted by atomic mass is 10.5. The van der Waals surface area contributed by atoms with E-state index in [1.807, 2.05) is 6.26 Å². The van der Waals surface area contributed by atoms with Gasteiger partial charge in [-0.25, -0.2) is 0 Å². The number of ether oxygens (including phenoxy) is 2. The first kappa shape index (κ1) is 11.9. The standard InChI is InChI=1S/C8H16O3S/c1-12-8-7-11-6-5-10-4-2-3-9/h3H,2,4-8H2,1H3. The van der Waals surface area contributed by atoms with Gasteiger partial charge >= 0.3 is 0 Å². The summed E-state index contributed by atoms with van der Waals surface area (Å²) >= 11 is 1.76. The van der Waals surface area contributed by atoms with Crippen molar-refractivity contribution in [2.75, 3.05) is 38.4 Å². The van der Waals surface area contributed by atoms with Crippen molar-refractivity contribution in [2.45, 2.75) is 6.42 Å². The van der Waals surface area contributed by atoms with Crippen molar-refractivity contribution in [3.8, 4) is 0 Å². The van der Waals surface area contributed by atoms with Crippen molar-refractivity contribution in [3.63, 3.8) is 0 Å². The predicted octanol–water partition coefficient (Wildman–Crippen LogP) is 0.972. The molecule has 0 aliphatic rings. The molecule has 0 N–H and O–H groups in total. The second kappa shape index (κ2) is 10.9. The van der Waals surface area contributed by atoms with Gasteiger partial charge in [-0.15, -0.1) is 0 Å². The van der Waals surface area contributed by atoms with E-state index in [1.54, 1.807) is 11.8 Å². The van der Waals surface area contributed by atoms with Gasteiger partial charge in [0.25, 0.3) is 0 Å². The fraction of sp³-hybridized carbons (Fsp3) is 0.875. The highest BCUT2D eigenvalue weighted by Crippen LogP contribution is 1.90. The molecule has 0 bridgehead atoms. The maximum absolute atomic E-state index is 9.86. The molecule has 0 aromatic heterocycles. The predicted molar refractivity (Wildman–Crippen MR) is 50.7 cm³/mol. The van der Waals surface area contributed by atoms with E-state index in [4.69, 9.17) is 9.47 Å². The number of carbonyl (C=O) groups excluding carboxylic acids is 1. The Bertz CT molecular complexity index is 98.3. The number of hydrogen-bond donors (Lipinski definition) is 0. The van der Waals surface area contributed by atoms with Gasteiger partial charge in [0.1, 0.15) is 6.29 Å². The molecule has 0 saturated heterocycles. The van der Waals surface area contributed by atoms with Gasteiger partial charge in [-0.3, -0.25) is 0 Å². The molecular weight excluding hydrogens is 176 g/mol. The molecular formula is C8H16O3S. The van der Waals surface area contributed by atoms with Crippen molar-refractivity contribution < 1.29 is 14.3 Å². The van der Waals surface area contributed by atoms with Gasteiger partial charge in [0, 0.05) is 12.2 Å². The summed E-state index contributed by atoms with van der Waals surface area (Å²) in [5, 5.41) is 0. The van der Waals surface area contributed by atoms with Crippen LogP contribution in [0, 0.1) is 0 Å². The van der Waals surface area contributed by atoms with Gasteiger partial charge < -0.3 is 14.3 Å². The zero-order valence-electron chi connectivity index (χ0n) is 7.45. The minimum atomic E-state index is 0.477. The van der Waals surface area contributed by atoms with E-state index < -0.39 is 0 Å². The van der Waals surface area contributed by atoms with Crippen LogP contribution in [0.15, 0.2) is 0 Å². The minimum Gasteiger partial charge on any atom is -0.379 e. The van der Waals surface area contributed by atoms with Crippen LogP contribution in [0.25, 0.3) is 0 Å². The van der Waals surface area contributed by atoms with Crippen LogP contribution in [-0.2, 0) is 14.3 Å². The van der Waals surface area contributed by atoms with Crippen LogP contribution >= 0.6 is 11.8 Å². The van der Waals surface area contributed by atoms with Crippen LogP contribution in [0.5, 0.6) is 0 Å². The molecule has 0 aliphatic heterocycles. The maximum Gasteiger partial charge on any atom is 0.122 e. The Morgan fingerprint density at radius 3 is 2.42 bits per heavy atom. The third-order valence-electron chi connectivity index (χ3n) is 1.18. The highest BCUT2D eigenvalue weighted by atomic mass is 32.2. The SMILES string of the molecule is CSCCOCCOCCC=O. The molecule has 0 atom stereocenters. The zero-order valence-corrected chi connectivity index (χ0v) is 8.27. The highest BCUT2D eigenvalue weighted by Gasteiger charge is 1.88. The first-order valence-corrected chi connectivity index (χ1v) is 5.39. The number of thioether (sulfide) groups is 1. The van der Waals surface area contributed by atoms with E-state index in [1.165, 1.54) is 0 Å². The van der Waals surface area contributed by atoms with Crippen LogP contribution in [0.1, 0.15) is 6.42 Å². The molecule has 0 fully saturated rings. The number of carbonyl (C=O) groups is 1. The monoisotopic (exact) mass is 192 g/mol. The topological polar surface area (TPSA) is 35.5 Å². The molecule has 0 amide bonds. The van der Waals surface area contributed by atoms with Gasteiger partial charge in [0.05, 0.1) is 26.4 Å². The third kappa shape index (κ3) is 9.94. The van der Waals surface area contributed by atoms with E-state index in [0.717, 1.165) is 18.6 Å². The smallest absolute Gasteiger partial charge is 0.122 e. The molecule has 0 unspecified atom stereocenters. The quantitative estimate of drug-likeness (QED) is 0.403. The Kier molecular flexibility index (Phi) is 10.9. The minimum absolute atomic E-state index is 0.477. The first-order chi connectivity index (χ1) is 5.91. The lowest BCUT2D eigenvalue weighted by Crippen LogP contribution is -2.07. The summed E-state index contributed by atoms with van der Waals surface area (Å²) in [5.74, 6) is 1.02. The Morgan fingerprint density at radius 2 is 1.83 bits per heavy atom. The van der Waals surface area contributed by atoms with E-state index >= 15 is 0 Å². The fourth-order valence-electron chi connectivity index (χ4n) is 0.596. The molecule has 0 saturated carbocycles. The van der Waals surface area contributed by atoms with Gasteiger partial charge in [0.15, 0.2) is 0 Å². The Morgan fingerprint density at radius 1 is 1.17 bits per heavy atom. The Hall–Kier alpha value is -0.0600. The van der Waals surface area contributed by atoms with Crippen LogP contribution < -0.4 is 0 Å². The van der Waals surface area contributed by atoms with Gasteiger partial charge in [-0.05, 0) is 6.26 Å². The molecule has 0 heterocycles.